The Morgan fingerprint density at radius 3 is 2.48 bits per heavy atom. The first-order valence-electron chi connectivity index (χ1n) is 10.3. The summed E-state index contributed by atoms with van der Waals surface area (Å²) < 4.78 is 24.4. The second-order valence-electron chi connectivity index (χ2n) is 7.58. The summed E-state index contributed by atoms with van der Waals surface area (Å²) in [6.07, 6.45) is 1.67. The predicted molar refractivity (Wildman–Crippen MR) is 126 cm³/mol. The molecule has 0 aliphatic carbocycles. The zero-order chi connectivity index (χ0) is 23.4. The quantitative estimate of drug-likeness (QED) is 0.405. The number of thioether (sulfide) groups is 1. The molecule has 0 N–H and O–H groups in total. The molecule has 0 radical (unpaired) electrons. The number of nitrogens with zero attached hydrogens (tertiary/aromatic N) is 1. The van der Waals surface area contributed by atoms with Crippen LogP contribution in [0.2, 0.25) is 0 Å². The SMILES string of the molecule is COc1ccc(/C=C2\SC(=O)N(Cc3cccc(C)c3)C2=O)cc1OCc1ccc(F)cc1. The highest BCUT2D eigenvalue weighted by atomic mass is 32.2. The summed E-state index contributed by atoms with van der Waals surface area (Å²) in [7, 11) is 1.54. The number of imide groups is 1. The Bertz CT molecular complexity index is 1220. The van der Waals surface area contributed by atoms with E-state index >= 15 is 0 Å². The molecular formula is C26H22FNO4S. The zero-order valence-corrected chi connectivity index (χ0v) is 19.0. The Hall–Kier alpha value is -3.58. The van der Waals surface area contributed by atoms with Crippen molar-refractivity contribution in [1.29, 1.82) is 0 Å². The van der Waals surface area contributed by atoms with Crippen molar-refractivity contribution in [3.8, 4) is 11.5 Å². The van der Waals surface area contributed by atoms with Crippen LogP contribution in [0.5, 0.6) is 11.5 Å². The zero-order valence-electron chi connectivity index (χ0n) is 18.2. The minimum atomic E-state index is -0.323. The molecule has 0 bridgehead atoms. The number of amides is 2. The summed E-state index contributed by atoms with van der Waals surface area (Å²) in [5.74, 6) is 0.377. The Kier molecular flexibility index (Phi) is 6.79. The minimum Gasteiger partial charge on any atom is -0.493 e. The largest absolute Gasteiger partial charge is 0.493 e. The van der Waals surface area contributed by atoms with Gasteiger partial charge in [0, 0.05) is 0 Å². The fourth-order valence-electron chi connectivity index (χ4n) is 3.42. The van der Waals surface area contributed by atoms with Crippen molar-refractivity contribution in [3.05, 3.63) is 99.7 Å². The monoisotopic (exact) mass is 463 g/mol. The van der Waals surface area contributed by atoms with Gasteiger partial charge in [0.15, 0.2) is 11.5 Å². The van der Waals surface area contributed by atoms with Gasteiger partial charge in [0.2, 0.25) is 0 Å². The number of carbonyl (C=O) groups excluding carboxylic acids is 2. The standard InChI is InChI=1S/C26H22FNO4S/c1-17-4-3-5-20(12-17)15-28-25(29)24(33-26(28)30)14-19-8-11-22(31-2)23(13-19)32-16-18-6-9-21(27)10-7-18/h3-14H,15-16H2,1-2H3/b24-14-. The van der Waals surface area contributed by atoms with Gasteiger partial charge in [0.1, 0.15) is 12.4 Å². The molecule has 3 aromatic rings. The van der Waals surface area contributed by atoms with Crippen LogP contribution in [-0.2, 0) is 17.9 Å². The van der Waals surface area contributed by atoms with Gasteiger partial charge in [-0.2, -0.15) is 0 Å². The lowest BCUT2D eigenvalue weighted by molar-refractivity contribution is -0.123. The first-order valence-corrected chi connectivity index (χ1v) is 11.1. The molecule has 1 aliphatic heterocycles. The number of benzene rings is 3. The van der Waals surface area contributed by atoms with Crippen molar-refractivity contribution in [2.75, 3.05) is 7.11 Å². The average Bonchev–Trinajstić information content (AvgIpc) is 3.06. The number of ether oxygens (including phenoxy) is 2. The van der Waals surface area contributed by atoms with Crippen LogP contribution in [0.4, 0.5) is 9.18 Å². The number of halogens is 1. The maximum atomic E-state index is 13.1. The molecule has 0 aromatic heterocycles. The van der Waals surface area contributed by atoms with Gasteiger partial charge >= 0.3 is 0 Å². The Morgan fingerprint density at radius 1 is 0.970 bits per heavy atom. The predicted octanol–water partition coefficient (Wildman–Crippen LogP) is 5.96. The van der Waals surface area contributed by atoms with E-state index in [0.29, 0.717) is 22.0 Å². The van der Waals surface area contributed by atoms with Crippen LogP contribution >= 0.6 is 11.8 Å². The Labute approximate surface area is 195 Å². The third-order valence-electron chi connectivity index (χ3n) is 5.09. The first-order chi connectivity index (χ1) is 15.9. The molecule has 7 heteroatoms. The van der Waals surface area contributed by atoms with Gasteiger partial charge in [0.05, 0.1) is 18.6 Å². The molecule has 0 unspecified atom stereocenters. The van der Waals surface area contributed by atoms with Gasteiger partial charge in [-0.1, -0.05) is 48.0 Å². The number of rotatable bonds is 7. The molecule has 4 rings (SSSR count). The lowest BCUT2D eigenvalue weighted by Gasteiger charge is -2.13. The van der Waals surface area contributed by atoms with E-state index in [1.807, 2.05) is 31.2 Å². The van der Waals surface area contributed by atoms with Crippen LogP contribution in [0.1, 0.15) is 22.3 Å². The molecule has 0 atom stereocenters. The highest BCUT2D eigenvalue weighted by Gasteiger charge is 2.35. The molecular weight excluding hydrogens is 441 g/mol. The summed E-state index contributed by atoms with van der Waals surface area (Å²) >= 11 is 0.918. The van der Waals surface area contributed by atoms with Crippen molar-refractivity contribution < 1.29 is 23.5 Å². The molecule has 0 spiro atoms. The molecule has 168 valence electrons. The maximum Gasteiger partial charge on any atom is 0.293 e. The minimum absolute atomic E-state index is 0.229. The molecule has 1 aliphatic rings. The molecule has 2 amide bonds. The summed E-state index contributed by atoms with van der Waals surface area (Å²) in [5.41, 5.74) is 3.48. The van der Waals surface area contributed by atoms with E-state index in [2.05, 4.69) is 0 Å². The molecule has 33 heavy (non-hydrogen) atoms. The fraction of sp³-hybridized carbons (Fsp3) is 0.154. The molecule has 1 saturated heterocycles. The van der Waals surface area contributed by atoms with Gasteiger partial charge < -0.3 is 9.47 Å². The Balaban J connectivity index is 1.51. The van der Waals surface area contributed by atoms with Gasteiger partial charge in [-0.15, -0.1) is 0 Å². The van der Waals surface area contributed by atoms with Crippen molar-refractivity contribution in [1.82, 2.24) is 4.90 Å². The van der Waals surface area contributed by atoms with E-state index in [1.165, 1.54) is 24.1 Å². The van der Waals surface area contributed by atoms with E-state index in [-0.39, 0.29) is 30.1 Å². The van der Waals surface area contributed by atoms with Crippen LogP contribution < -0.4 is 9.47 Å². The van der Waals surface area contributed by atoms with Crippen LogP contribution in [0, 0.1) is 12.7 Å². The average molecular weight is 464 g/mol. The number of methoxy groups -OCH3 is 1. The van der Waals surface area contributed by atoms with Crippen molar-refractivity contribution in [2.24, 2.45) is 0 Å². The lowest BCUT2D eigenvalue weighted by atomic mass is 10.1. The molecule has 0 saturated carbocycles. The van der Waals surface area contributed by atoms with E-state index in [4.69, 9.17) is 9.47 Å². The van der Waals surface area contributed by atoms with E-state index in [9.17, 15) is 14.0 Å². The third kappa shape index (κ3) is 5.43. The number of aryl methyl sites for hydroxylation is 1. The van der Waals surface area contributed by atoms with E-state index < -0.39 is 0 Å². The summed E-state index contributed by atoms with van der Waals surface area (Å²) in [6, 6.07) is 19.1. The normalized spacial score (nSPS) is 14.8. The summed E-state index contributed by atoms with van der Waals surface area (Å²) in [6.45, 7) is 2.43. The lowest BCUT2D eigenvalue weighted by Crippen LogP contribution is -2.27. The van der Waals surface area contributed by atoms with Crippen LogP contribution in [-0.4, -0.2) is 23.2 Å². The van der Waals surface area contributed by atoms with Gasteiger partial charge in [0.25, 0.3) is 11.1 Å². The number of hydrogen-bond acceptors (Lipinski definition) is 5. The molecule has 5 nitrogen and oxygen atoms in total. The molecule has 1 heterocycles. The van der Waals surface area contributed by atoms with E-state index in [0.717, 1.165) is 28.5 Å². The van der Waals surface area contributed by atoms with Crippen molar-refractivity contribution in [2.45, 2.75) is 20.1 Å². The highest BCUT2D eigenvalue weighted by molar-refractivity contribution is 8.18. The number of carbonyl (C=O) groups is 2. The van der Waals surface area contributed by atoms with Crippen LogP contribution in [0.3, 0.4) is 0 Å². The van der Waals surface area contributed by atoms with Gasteiger partial charge in [-0.25, -0.2) is 4.39 Å². The fourth-order valence-corrected chi connectivity index (χ4v) is 4.26. The molecule has 3 aromatic carbocycles. The highest BCUT2D eigenvalue weighted by Crippen LogP contribution is 2.35. The third-order valence-corrected chi connectivity index (χ3v) is 6.00. The topological polar surface area (TPSA) is 55.8 Å². The summed E-state index contributed by atoms with van der Waals surface area (Å²) in [4.78, 5) is 27.0. The van der Waals surface area contributed by atoms with Crippen molar-refractivity contribution >= 4 is 29.0 Å². The second-order valence-corrected chi connectivity index (χ2v) is 8.58. The second kappa shape index (κ2) is 9.92. The molecule has 1 fully saturated rings. The van der Waals surface area contributed by atoms with Gasteiger partial charge in [-0.05, 0) is 65.7 Å². The number of hydrogen-bond donors (Lipinski definition) is 0. The van der Waals surface area contributed by atoms with Crippen molar-refractivity contribution in [3.63, 3.8) is 0 Å². The smallest absolute Gasteiger partial charge is 0.293 e. The maximum absolute atomic E-state index is 13.1. The van der Waals surface area contributed by atoms with Gasteiger partial charge in [-0.3, -0.25) is 14.5 Å². The van der Waals surface area contributed by atoms with E-state index in [1.54, 1.807) is 36.4 Å². The first kappa shape index (κ1) is 22.6. The van der Waals surface area contributed by atoms with Crippen LogP contribution in [0.25, 0.3) is 6.08 Å². The van der Waals surface area contributed by atoms with Crippen LogP contribution in [0.15, 0.2) is 71.6 Å². The Morgan fingerprint density at radius 2 is 1.76 bits per heavy atom. The summed E-state index contributed by atoms with van der Waals surface area (Å²) in [5, 5.41) is -0.297.